The van der Waals surface area contributed by atoms with Crippen molar-refractivity contribution in [2.24, 2.45) is 0 Å². The molecule has 0 N–H and O–H groups in total. The fourth-order valence-electron chi connectivity index (χ4n) is 1.94. The summed E-state index contributed by atoms with van der Waals surface area (Å²) in [5.41, 5.74) is 2.18. The normalized spacial score (nSPS) is 11.7. The van der Waals surface area contributed by atoms with Gasteiger partial charge < -0.3 is 4.48 Å². The van der Waals surface area contributed by atoms with E-state index in [2.05, 4.69) is 37.6 Å². The van der Waals surface area contributed by atoms with Crippen LogP contribution in [0.4, 0.5) is 0 Å². The SMILES string of the molecule is C=C/C=C\c1c(C=C)c(=C)/c(=C\C=C)n1BC. The third kappa shape index (κ3) is 2.42. The van der Waals surface area contributed by atoms with Crippen molar-refractivity contribution in [2.75, 3.05) is 0 Å². The van der Waals surface area contributed by atoms with Gasteiger partial charge in [-0.1, -0.05) is 57.4 Å². The summed E-state index contributed by atoms with van der Waals surface area (Å²) in [4.78, 5) is 0. The monoisotopic (exact) mass is 223 g/mol. The first-order valence-corrected chi connectivity index (χ1v) is 5.66. The van der Waals surface area contributed by atoms with E-state index in [0.717, 1.165) is 29.2 Å². The van der Waals surface area contributed by atoms with Gasteiger partial charge in [-0.3, -0.25) is 0 Å². The Morgan fingerprint density at radius 3 is 2.35 bits per heavy atom. The molecule has 1 aromatic heterocycles. The van der Waals surface area contributed by atoms with Crippen molar-refractivity contribution in [3.05, 3.63) is 59.8 Å². The van der Waals surface area contributed by atoms with Gasteiger partial charge in [0.2, 0.25) is 7.41 Å². The lowest BCUT2D eigenvalue weighted by atomic mass is 9.98. The molecule has 1 nitrogen and oxygen atoms in total. The first-order valence-electron chi connectivity index (χ1n) is 5.66. The molecule has 0 spiro atoms. The van der Waals surface area contributed by atoms with E-state index >= 15 is 0 Å². The van der Waals surface area contributed by atoms with Gasteiger partial charge in [0.15, 0.2) is 0 Å². The Morgan fingerprint density at radius 1 is 1.18 bits per heavy atom. The molecule has 0 aromatic carbocycles. The zero-order valence-electron chi connectivity index (χ0n) is 10.4. The Kier molecular flexibility index (Phi) is 4.59. The topological polar surface area (TPSA) is 4.93 Å². The summed E-state index contributed by atoms with van der Waals surface area (Å²) in [6, 6.07) is 0. The molecule has 0 amide bonds. The summed E-state index contributed by atoms with van der Waals surface area (Å²) in [5, 5.41) is 2.08. The summed E-state index contributed by atoms with van der Waals surface area (Å²) in [7, 11) is 0.882. The van der Waals surface area contributed by atoms with Crippen LogP contribution in [0.3, 0.4) is 0 Å². The van der Waals surface area contributed by atoms with Crippen LogP contribution in [0.15, 0.2) is 38.0 Å². The van der Waals surface area contributed by atoms with E-state index in [0.29, 0.717) is 0 Å². The van der Waals surface area contributed by atoms with Crippen molar-refractivity contribution in [3.8, 4) is 0 Å². The Morgan fingerprint density at radius 2 is 1.88 bits per heavy atom. The Hall–Kier alpha value is -1.96. The summed E-state index contributed by atoms with van der Waals surface area (Å²) in [6.45, 7) is 17.5. The summed E-state index contributed by atoms with van der Waals surface area (Å²) >= 11 is 0. The molecule has 2 heteroatoms. The van der Waals surface area contributed by atoms with Crippen LogP contribution < -0.4 is 10.6 Å². The van der Waals surface area contributed by atoms with E-state index in [4.69, 9.17) is 0 Å². The van der Waals surface area contributed by atoms with Crippen molar-refractivity contribution < 1.29 is 0 Å². The molecule has 0 aliphatic carbocycles. The molecule has 0 bridgehead atoms. The van der Waals surface area contributed by atoms with Gasteiger partial charge in [-0.2, -0.15) is 0 Å². The number of rotatable bonds is 5. The van der Waals surface area contributed by atoms with Crippen molar-refractivity contribution in [2.45, 2.75) is 6.82 Å². The molecule has 0 atom stereocenters. The van der Waals surface area contributed by atoms with Crippen LogP contribution in [-0.4, -0.2) is 11.9 Å². The molecule has 0 radical (unpaired) electrons. The summed E-state index contributed by atoms with van der Waals surface area (Å²) < 4.78 is 2.20. The van der Waals surface area contributed by atoms with Crippen LogP contribution in [0.25, 0.3) is 24.8 Å². The Labute approximate surface area is 104 Å². The van der Waals surface area contributed by atoms with E-state index in [1.54, 1.807) is 12.2 Å². The van der Waals surface area contributed by atoms with Gasteiger partial charge in [0, 0.05) is 16.6 Å². The second-order valence-corrected chi connectivity index (χ2v) is 3.61. The first-order chi connectivity index (χ1) is 8.21. The molecule has 1 aromatic rings. The molecule has 1 heterocycles. The third-order valence-corrected chi connectivity index (χ3v) is 2.68. The van der Waals surface area contributed by atoms with Gasteiger partial charge in [-0.15, -0.1) is 0 Å². The lowest BCUT2D eigenvalue weighted by Gasteiger charge is -2.03. The van der Waals surface area contributed by atoms with Crippen LogP contribution >= 0.6 is 0 Å². The minimum absolute atomic E-state index is 0.882. The van der Waals surface area contributed by atoms with Crippen molar-refractivity contribution >= 4 is 32.2 Å². The van der Waals surface area contributed by atoms with Gasteiger partial charge >= 0.3 is 0 Å². The van der Waals surface area contributed by atoms with Gasteiger partial charge in [0.1, 0.15) is 0 Å². The summed E-state index contributed by atoms with van der Waals surface area (Å²) in [6.07, 6.45) is 11.3. The average molecular weight is 223 g/mol. The number of hydrogen-bond donors (Lipinski definition) is 0. The fourth-order valence-corrected chi connectivity index (χ4v) is 1.94. The average Bonchev–Trinajstić information content (AvgIpc) is 2.59. The number of allylic oxidation sites excluding steroid dienone is 3. The highest BCUT2D eigenvalue weighted by Crippen LogP contribution is 2.06. The second-order valence-electron chi connectivity index (χ2n) is 3.61. The molecule has 0 saturated carbocycles. The van der Waals surface area contributed by atoms with Crippen LogP contribution in [0.1, 0.15) is 11.3 Å². The van der Waals surface area contributed by atoms with Gasteiger partial charge in [0.05, 0.1) is 0 Å². The molecule has 0 aliphatic rings. The maximum atomic E-state index is 4.12. The first kappa shape index (κ1) is 13.1. The third-order valence-electron chi connectivity index (χ3n) is 2.68. The Bertz CT molecular complexity index is 573. The van der Waals surface area contributed by atoms with Crippen molar-refractivity contribution in [1.29, 1.82) is 0 Å². The van der Waals surface area contributed by atoms with Crippen LogP contribution in [0.5, 0.6) is 0 Å². The molecule has 1 rings (SSSR count). The predicted molar refractivity (Wildman–Crippen MR) is 81.6 cm³/mol. The van der Waals surface area contributed by atoms with Gasteiger partial charge in [0.25, 0.3) is 0 Å². The Balaban J connectivity index is 3.73. The smallest absolute Gasteiger partial charge is 0.239 e. The maximum absolute atomic E-state index is 4.12. The van der Waals surface area contributed by atoms with Gasteiger partial charge in [-0.05, 0) is 17.4 Å². The standard InChI is InChI=1S/C15H18BN/c1-6-9-11-15-13(8-3)12(4)14(10-7-2)17(15)16-5/h6-11,16H,1-4H2,5H3/b11-9-,14-10+. The van der Waals surface area contributed by atoms with Gasteiger partial charge in [-0.25, -0.2) is 0 Å². The van der Waals surface area contributed by atoms with Crippen LogP contribution in [-0.2, 0) is 0 Å². The highest BCUT2D eigenvalue weighted by atomic mass is 14.9. The van der Waals surface area contributed by atoms with Crippen LogP contribution in [0, 0.1) is 0 Å². The largest absolute Gasteiger partial charge is 0.389 e. The van der Waals surface area contributed by atoms with E-state index in [1.165, 1.54) is 0 Å². The molecule has 0 fully saturated rings. The number of hydrogen-bond acceptors (Lipinski definition) is 0. The van der Waals surface area contributed by atoms with E-state index in [1.807, 2.05) is 24.3 Å². The zero-order chi connectivity index (χ0) is 12.8. The molecule has 0 saturated heterocycles. The molecule has 0 unspecified atom stereocenters. The minimum Gasteiger partial charge on any atom is -0.389 e. The summed E-state index contributed by atoms with van der Waals surface area (Å²) in [5.74, 6) is 0. The minimum atomic E-state index is 0.882. The number of aromatic nitrogens is 1. The molecule has 86 valence electrons. The van der Waals surface area contributed by atoms with E-state index in [9.17, 15) is 0 Å². The predicted octanol–water partition coefficient (Wildman–Crippen LogP) is 1.95. The molecule has 0 aliphatic heterocycles. The van der Waals surface area contributed by atoms with Crippen molar-refractivity contribution in [3.63, 3.8) is 0 Å². The molecule has 17 heavy (non-hydrogen) atoms. The fraction of sp³-hybridized carbons (Fsp3) is 0.0667. The van der Waals surface area contributed by atoms with Crippen molar-refractivity contribution in [1.82, 2.24) is 4.48 Å². The number of nitrogens with zero attached hydrogens (tertiary/aromatic N) is 1. The van der Waals surface area contributed by atoms with E-state index < -0.39 is 0 Å². The highest BCUT2D eigenvalue weighted by Gasteiger charge is 2.07. The lowest BCUT2D eigenvalue weighted by molar-refractivity contribution is 1.15. The quantitative estimate of drug-likeness (QED) is 0.531. The lowest BCUT2D eigenvalue weighted by Crippen LogP contribution is -2.30. The maximum Gasteiger partial charge on any atom is 0.239 e. The molecular weight excluding hydrogens is 205 g/mol. The highest BCUT2D eigenvalue weighted by molar-refractivity contribution is 6.32. The zero-order valence-corrected chi connectivity index (χ0v) is 10.4. The molecular formula is C15H18BN. The van der Waals surface area contributed by atoms with E-state index in [-0.39, 0.29) is 0 Å². The van der Waals surface area contributed by atoms with Crippen LogP contribution in [0.2, 0.25) is 6.82 Å². The second kappa shape index (κ2) is 5.95.